The molecular weight excluding hydrogens is 365 g/mol. The smallest absolute Gasteiger partial charge is 0.364 e. The van der Waals surface area contributed by atoms with E-state index in [0.29, 0.717) is 26.4 Å². The number of thiophene rings is 1. The average molecular weight is 375 g/mol. The Balaban J connectivity index is 1.95. The molecule has 0 aliphatic heterocycles. The zero-order valence-electron chi connectivity index (χ0n) is 12.0. The van der Waals surface area contributed by atoms with Crippen LogP contribution in [0.2, 0.25) is 5.02 Å². The topological polar surface area (TPSA) is 55.0 Å². The van der Waals surface area contributed by atoms with Crippen LogP contribution >= 0.6 is 22.9 Å². The third kappa shape index (κ3) is 3.61. The van der Waals surface area contributed by atoms with Gasteiger partial charge in [0.05, 0.1) is 5.39 Å². The zero-order valence-corrected chi connectivity index (χ0v) is 13.6. The predicted octanol–water partition coefficient (Wildman–Crippen LogP) is 4.38. The number of hydrogen-bond acceptors (Lipinski definition) is 4. The number of alkyl halides is 3. The van der Waals surface area contributed by atoms with Crippen LogP contribution in [0.15, 0.2) is 34.4 Å². The third-order valence-corrected chi connectivity index (χ3v) is 4.36. The highest BCUT2D eigenvalue weighted by Crippen LogP contribution is 2.34. The lowest BCUT2D eigenvalue weighted by Gasteiger charge is -2.07. The Morgan fingerprint density at radius 3 is 2.71 bits per heavy atom. The van der Waals surface area contributed by atoms with Crippen LogP contribution in [0.4, 0.5) is 13.2 Å². The lowest BCUT2D eigenvalue weighted by atomic mass is 10.1. The van der Waals surface area contributed by atoms with Gasteiger partial charge in [0.2, 0.25) is 0 Å². The second kappa shape index (κ2) is 6.54. The van der Waals surface area contributed by atoms with E-state index in [4.69, 9.17) is 11.6 Å². The Morgan fingerprint density at radius 2 is 2.00 bits per heavy atom. The normalized spacial score (nSPS) is 12.0. The average Bonchev–Trinajstić information content (AvgIpc) is 2.90. The van der Waals surface area contributed by atoms with Crippen molar-refractivity contribution in [2.45, 2.75) is 12.8 Å². The predicted molar refractivity (Wildman–Crippen MR) is 86.4 cm³/mol. The second-order valence-corrected chi connectivity index (χ2v) is 6.20. The van der Waals surface area contributed by atoms with Crippen molar-refractivity contribution >= 4 is 33.2 Å². The van der Waals surface area contributed by atoms with Gasteiger partial charge in [-0.05, 0) is 6.07 Å². The standard InChI is InChI=1S/C15H10ClF3N2O2S/c16-10-4-2-1-3-8(10)9-6-24-14-12(9)13(22)20-11(21-14)5-23-7-15(17,18)19/h1-4,6H,5,7H2,(H,20,21,22). The van der Waals surface area contributed by atoms with Gasteiger partial charge in [-0.15, -0.1) is 11.3 Å². The van der Waals surface area contributed by atoms with Crippen LogP contribution in [0.1, 0.15) is 5.82 Å². The van der Waals surface area contributed by atoms with E-state index in [0.717, 1.165) is 0 Å². The van der Waals surface area contributed by atoms with Crippen molar-refractivity contribution in [1.29, 1.82) is 0 Å². The molecule has 0 saturated heterocycles. The Bertz CT molecular complexity index is 936. The highest BCUT2D eigenvalue weighted by atomic mass is 35.5. The van der Waals surface area contributed by atoms with Crippen molar-refractivity contribution < 1.29 is 17.9 Å². The molecular formula is C15H10ClF3N2O2S. The van der Waals surface area contributed by atoms with Gasteiger partial charge in [0, 0.05) is 21.5 Å². The van der Waals surface area contributed by atoms with Crippen molar-refractivity contribution in [1.82, 2.24) is 9.97 Å². The van der Waals surface area contributed by atoms with Gasteiger partial charge in [0.25, 0.3) is 5.56 Å². The second-order valence-electron chi connectivity index (χ2n) is 4.93. The summed E-state index contributed by atoms with van der Waals surface area (Å²) in [5.41, 5.74) is 0.887. The first kappa shape index (κ1) is 16.9. The van der Waals surface area contributed by atoms with Gasteiger partial charge in [0.1, 0.15) is 23.9 Å². The molecule has 0 fully saturated rings. The summed E-state index contributed by atoms with van der Waals surface area (Å²) < 4.78 is 40.8. The van der Waals surface area contributed by atoms with Gasteiger partial charge in [-0.25, -0.2) is 4.98 Å². The molecule has 9 heteroatoms. The number of rotatable bonds is 4. The quantitative estimate of drug-likeness (QED) is 0.737. The molecule has 0 saturated carbocycles. The summed E-state index contributed by atoms with van der Waals surface area (Å²) in [5.74, 6) is 0.0457. The molecule has 3 aromatic rings. The maximum Gasteiger partial charge on any atom is 0.411 e. The van der Waals surface area contributed by atoms with E-state index in [9.17, 15) is 18.0 Å². The zero-order chi connectivity index (χ0) is 17.3. The summed E-state index contributed by atoms with van der Waals surface area (Å²) in [7, 11) is 0. The molecule has 0 unspecified atom stereocenters. The van der Waals surface area contributed by atoms with Gasteiger partial charge in [-0.1, -0.05) is 29.8 Å². The monoisotopic (exact) mass is 374 g/mol. The van der Waals surface area contributed by atoms with E-state index in [2.05, 4.69) is 14.7 Å². The number of ether oxygens (including phenoxy) is 1. The van der Waals surface area contributed by atoms with E-state index in [1.807, 2.05) is 0 Å². The SMILES string of the molecule is O=c1[nH]c(COCC(F)(F)F)nc2scc(-c3ccccc3Cl)c12. The molecule has 0 aliphatic rings. The number of fused-ring (bicyclic) bond motifs is 1. The Labute approximate surface area is 142 Å². The van der Waals surface area contributed by atoms with Gasteiger partial charge in [-0.3, -0.25) is 4.79 Å². The van der Waals surface area contributed by atoms with Crippen LogP contribution in [0.25, 0.3) is 21.3 Å². The first-order valence-corrected chi connectivity index (χ1v) is 8.01. The summed E-state index contributed by atoms with van der Waals surface area (Å²) in [6.07, 6.45) is -4.43. The number of H-pyrrole nitrogens is 1. The van der Waals surface area contributed by atoms with Crippen molar-refractivity contribution in [2.75, 3.05) is 6.61 Å². The van der Waals surface area contributed by atoms with Crippen molar-refractivity contribution in [3.8, 4) is 11.1 Å². The number of nitrogens with zero attached hydrogens (tertiary/aromatic N) is 1. The Morgan fingerprint density at radius 1 is 1.25 bits per heavy atom. The number of aromatic nitrogens is 2. The molecule has 0 spiro atoms. The van der Waals surface area contributed by atoms with E-state index < -0.39 is 24.9 Å². The maximum atomic E-state index is 12.3. The van der Waals surface area contributed by atoms with Gasteiger partial charge < -0.3 is 9.72 Å². The Kier molecular flexibility index (Phi) is 4.62. The van der Waals surface area contributed by atoms with Crippen LogP contribution in [0.3, 0.4) is 0 Å². The van der Waals surface area contributed by atoms with Crippen LogP contribution in [0, 0.1) is 0 Å². The van der Waals surface area contributed by atoms with Gasteiger partial charge in [0.15, 0.2) is 0 Å². The summed E-state index contributed by atoms with van der Waals surface area (Å²) in [4.78, 5) is 19.3. The third-order valence-electron chi connectivity index (χ3n) is 3.16. The highest BCUT2D eigenvalue weighted by molar-refractivity contribution is 7.17. The van der Waals surface area contributed by atoms with E-state index in [1.54, 1.807) is 29.6 Å². The molecule has 0 amide bonds. The molecule has 0 bridgehead atoms. The van der Waals surface area contributed by atoms with Gasteiger partial charge in [-0.2, -0.15) is 13.2 Å². The maximum absolute atomic E-state index is 12.3. The largest absolute Gasteiger partial charge is 0.411 e. The summed E-state index contributed by atoms with van der Waals surface area (Å²) in [6.45, 7) is -1.83. The van der Waals surface area contributed by atoms with Crippen molar-refractivity contribution in [3.05, 3.63) is 50.8 Å². The molecule has 3 rings (SSSR count). The number of halogens is 4. The Hall–Kier alpha value is -1.90. The molecule has 0 aliphatic carbocycles. The fraction of sp³-hybridized carbons (Fsp3) is 0.200. The molecule has 1 aromatic carbocycles. The highest BCUT2D eigenvalue weighted by Gasteiger charge is 2.27. The van der Waals surface area contributed by atoms with E-state index in [1.165, 1.54) is 11.3 Å². The molecule has 0 radical (unpaired) electrons. The minimum absolute atomic E-state index is 0.0457. The van der Waals surface area contributed by atoms with Crippen molar-refractivity contribution in [2.24, 2.45) is 0 Å². The fourth-order valence-electron chi connectivity index (χ4n) is 2.20. The number of benzene rings is 1. The minimum Gasteiger partial charge on any atom is -0.364 e. The molecule has 24 heavy (non-hydrogen) atoms. The first-order chi connectivity index (χ1) is 11.3. The molecule has 0 atom stereocenters. The summed E-state index contributed by atoms with van der Waals surface area (Å²) in [5, 5.41) is 2.59. The fourth-order valence-corrected chi connectivity index (χ4v) is 3.40. The molecule has 4 nitrogen and oxygen atoms in total. The van der Waals surface area contributed by atoms with Crippen molar-refractivity contribution in [3.63, 3.8) is 0 Å². The van der Waals surface area contributed by atoms with Crippen LogP contribution in [-0.4, -0.2) is 22.8 Å². The number of hydrogen-bond donors (Lipinski definition) is 1. The lowest BCUT2D eigenvalue weighted by molar-refractivity contribution is -0.177. The number of nitrogens with one attached hydrogen (secondary N) is 1. The van der Waals surface area contributed by atoms with Crippen LogP contribution in [-0.2, 0) is 11.3 Å². The number of aromatic amines is 1. The molecule has 1 N–H and O–H groups in total. The van der Waals surface area contributed by atoms with Gasteiger partial charge >= 0.3 is 6.18 Å². The van der Waals surface area contributed by atoms with E-state index >= 15 is 0 Å². The molecule has 126 valence electrons. The van der Waals surface area contributed by atoms with Crippen LogP contribution in [0.5, 0.6) is 0 Å². The molecule has 2 aromatic heterocycles. The lowest BCUT2D eigenvalue weighted by Crippen LogP contribution is -2.18. The summed E-state index contributed by atoms with van der Waals surface area (Å²) >= 11 is 7.37. The first-order valence-electron chi connectivity index (χ1n) is 6.75. The molecule has 2 heterocycles. The van der Waals surface area contributed by atoms with Crippen LogP contribution < -0.4 is 5.56 Å². The minimum atomic E-state index is -4.43. The summed E-state index contributed by atoms with van der Waals surface area (Å²) in [6, 6.07) is 7.07. The van der Waals surface area contributed by atoms with E-state index in [-0.39, 0.29) is 5.82 Å².